The van der Waals surface area contributed by atoms with Crippen LogP contribution in [0.1, 0.15) is 27.7 Å². The normalized spacial score (nSPS) is 58.5. The van der Waals surface area contributed by atoms with Crippen molar-refractivity contribution in [2.75, 3.05) is 26.4 Å². The van der Waals surface area contributed by atoms with Crippen LogP contribution in [0.4, 0.5) is 0 Å². The van der Waals surface area contributed by atoms with Crippen LogP contribution in [0.5, 0.6) is 0 Å². The predicted molar refractivity (Wildman–Crippen MR) is 309 cm³/mol. The monoisotopic (exact) mass is 1490 g/mol. The van der Waals surface area contributed by atoms with Gasteiger partial charge in [0.15, 0.2) is 0 Å². The molecular weight excluding hydrogens is 1410 g/mol. The molecular formula is C28H80O32Si20. The Morgan fingerprint density at radius 1 is 0.150 bits per heavy atom. The molecule has 9 aliphatic rings. The van der Waals surface area contributed by atoms with Gasteiger partial charge in [0.05, 0.1) is 0 Å². The molecule has 9 aliphatic heterocycles. The second-order valence-electron chi connectivity index (χ2n) is 21.8. The third-order valence-electron chi connectivity index (χ3n) is 12.0. The predicted octanol–water partition coefficient (Wildman–Crippen LogP) is 4.09. The molecule has 9 fully saturated rings. The van der Waals surface area contributed by atoms with Gasteiger partial charge in [0.1, 0.15) is 0 Å². The van der Waals surface area contributed by atoms with E-state index >= 15 is 0 Å². The van der Waals surface area contributed by atoms with Crippen molar-refractivity contribution in [1.82, 2.24) is 0 Å². The van der Waals surface area contributed by atoms with Crippen LogP contribution in [-0.4, -0.2) is 203 Å². The number of rotatable bonds is 8. The molecule has 9 saturated heterocycles. The second-order valence-corrected chi connectivity index (χ2v) is 80.3. The van der Waals surface area contributed by atoms with Gasteiger partial charge in [-0.3, -0.25) is 0 Å². The van der Waals surface area contributed by atoms with Crippen LogP contribution in [0.25, 0.3) is 0 Å². The van der Waals surface area contributed by atoms with Crippen LogP contribution in [0.15, 0.2) is 0 Å². The van der Waals surface area contributed by atoms with Gasteiger partial charge in [-0.25, -0.2) is 0 Å². The van der Waals surface area contributed by atoms with E-state index < -0.39 is 176 Å². The highest BCUT2D eigenvalue weighted by Crippen LogP contribution is 2.50. The molecule has 9 rings (SSSR count). The van der Waals surface area contributed by atoms with E-state index in [0.29, 0.717) is 0 Å². The standard InChI is InChI=1S/C28H80O32Si20/c1-25-29-61(5)33-62(6,30-26-2)36-66(10)39-65(9,35-61)41-69(13)45-70(14,42-66)48-74(18)51-73(17,47-69)53-77(21)57-78(22,54-74)60-80(24)56-76(20)50-72(16)44-68(12)38-64(8,32-28-4)34-63(7,31-27-3)37-67(11,40-68)43-71(15,46-72)49-75(19,52-76)55-79(23,58-80)59-77/h25-28H2,1-24H3. The van der Waals surface area contributed by atoms with Crippen molar-refractivity contribution < 1.29 is 133 Å². The van der Waals surface area contributed by atoms with Crippen LogP contribution >= 0.6 is 0 Å². The fourth-order valence-corrected chi connectivity index (χ4v) is 119. The van der Waals surface area contributed by atoms with Crippen LogP contribution in [0.2, 0.25) is 131 Å². The molecule has 9 heterocycles. The summed E-state index contributed by atoms with van der Waals surface area (Å²) < 4.78 is 221. The fraction of sp³-hybridized carbons (Fsp3) is 1.00. The molecule has 16 unspecified atom stereocenters. The largest absolute Gasteiger partial charge is 0.482 e. The molecule has 464 valence electrons. The third-order valence-corrected chi connectivity index (χ3v) is 98.3. The molecule has 0 aliphatic carbocycles. The van der Waals surface area contributed by atoms with E-state index in [1.807, 2.05) is 27.7 Å². The van der Waals surface area contributed by atoms with Gasteiger partial charge in [-0.15, -0.1) is 0 Å². The smallest absolute Gasteiger partial charge is 0.375 e. The highest BCUT2D eigenvalue weighted by atomic mass is 28.6. The van der Waals surface area contributed by atoms with E-state index in [2.05, 4.69) is 0 Å². The molecule has 52 heteroatoms. The second kappa shape index (κ2) is 21.3. The Morgan fingerprint density at radius 2 is 0.237 bits per heavy atom. The van der Waals surface area contributed by atoms with Gasteiger partial charge in [0.25, 0.3) is 0 Å². The molecule has 0 saturated carbocycles. The average molecular weight is 1490 g/mol. The number of hydrogen-bond acceptors (Lipinski definition) is 32. The first kappa shape index (κ1) is 67.5. The van der Waals surface area contributed by atoms with Gasteiger partial charge in [0, 0.05) is 157 Å². The summed E-state index contributed by atoms with van der Waals surface area (Å²) >= 11 is 0. The summed E-state index contributed by atoms with van der Waals surface area (Å²) in [4.78, 5) is 0. The van der Waals surface area contributed by atoms with Crippen molar-refractivity contribution in [1.29, 1.82) is 0 Å². The van der Waals surface area contributed by atoms with Crippen molar-refractivity contribution in [3.8, 4) is 0 Å². The maximum atomic E-state index is 7.16. The Balaban J connectivity index is 1.12. The lowest BCUT2D eigenvalue weighted by atomic mass is 10.9. The molecule has 0 N–H and O–H groups in total. The molecule has 0 aromatic rings. The lowest BCUT2D eigenvalue weighted by molar-refractivity contribution is -0.00192. The van der Waals surface area contributed by atoms with Gasteiger partial charge in [0.2, 0.25) is 0 Å². The molecule has 0 radical (unpaired) electrons. The van der Waals surface area contributed by atoms with E-state index in [4.69, 9.17) is 133 Å². The summed E-state index contributed by atoms with van der Waals surface area (Å²) in [5, 5.41) is 0. The topological polar surface area (TPSA) is 295 Å². The molecule has 0 spiro atoms. The molecule has 0 aromatic heterocycles. The summed E-state index contributed by atoms with van der Waals surface area (Å²) in [6.07, 6.45) is 0. The van der Waals surface area contributed by atoms with Gasteiger partial charge < -0.3 is 133 Å². The maximum absolute atomic E-state index is 7.16. The number of hydrogen-bond donors (Lipinski definition) is 0. The van der Waals surface area contributed by atoms with Crippen molar-refractivity contribution in [2.45, 2.75) is 159 Å². The summed E-state index contributed by atoms with van der Waals surface area (Å²) in [6.45, 7) is 41.4. The van der Waals surface area contributed by atoms with Crippen LogP contribution < -0.4 is 0 Å². The summed E-state index contributed by atoms with van der Waals surface area (Å²) in [6, 6.07) is 0. The minimum atomic E-state index is -4.38. The van der Waals surface area contributed by atoms with Crippen LogP contribution in [0, 0.1) is 0 Å². The Morgan fingerprint density at radius 3 is 0.325 bits per heavy atom. The number of fused-ring (bicyclic) bond motifs is 16. The summed E-state index contributed by atoms with van der Waals surface area (Å²) in [7, 11) is -82.9. The molecule has 16 atom stereocenters. The first-order chi connectivity index (χ1) is 36.0. The first-order valence-corrected chi connectivity index (χ1v) is 70.7. The van der Waals surface area contributed by atoms with Crippen molar-refractivity contribution in [3.05, 3.63) is 0 Å². The van der Waals surface area contributed by atoms with E-state index in [1.165, 1.54) is 0 Å². The lowest BCUT2D eigenvalue weighted by Crippen LogP contribution is -2.84. The zero-order valence-electron chi connectivity index (χ0n) is 49.9. The zero-order chi connectivity index (χ0) is 59.5. The van der Waals surface area contributed by atoms with Crippen molar-refractivity contribution in [3.63, 3.8) is 0 Å². The van der Waals surface area contributed by atoms with Crippen LogP contribution in [0.3, 0.4) is 0 Å². The minimum absolute atomic E-state index is 0.237. The van der Waals surface area contributed by atoms with E-state index in [0.717, 1.165) is 0 Å². The van der Waals surface area contributed by atoms with Gasteiger partial charge >= 0.3 is 176 Å². The van der Waals surface area contributed by atoms with Gasteiger partial charge in [-0.1, -0.05) is 0 Å². The minimum Gasteiger partial charge on any atom is -0.375 e. The van der Waals surface area contributed by atoms with E-state index in [1.54, 1.807) is 131 Å². The highest BCUT2D eigenvalue weighted by Gasteiger charge is 2.80. The molecule has 16 bridgehead atoms. The molecule has 0 amide bonds. The third kappa shape index (κ3) is 14.8. The average Bonchev–Trinajstić information content (AvgIpc) is 3.08. The lowest BCUT2D eigenvalue weighted by Gasteiger charge is -2.58. The van der Waals surface area contributed by atoms with Gasteiger partial charge in [-0.05, 0) is 27.7 Å². The SMILES string of the molecule is CCO[Si]1(C)O[Si](C)(OCC)O[Si]2(C)O[Si](C)(O1)O[Si]1(C)O[Si](C)(O2)O[Si]2(C)O[Si](C)(O1)O[Si]1(C)O[Si](C)(O2)O[Si]2(C)O[Si]3(C)O[Si]4(C)O[Si]5(C)O[Si](C)(OCC)O[Si](C)(OCC)O[Si](C)(O5)O[Si](C)(O4)O[Si](C)(O3)O[Si](C)(O2)O1. The quantitative estimate of drug-likeness (QED) is 0.309. The zero-order valence-corrected chi connectivity index (χ0v) is 69.9. The van der Waals surface area contributed by atoms with E-state index in [9.17, 15) is 0 Å². The molecule has 0 aromatic carbocycles. The first-order valence-electron chi connectivity index (χ1n) is 26.2. The molecule has 80 heavy (non-hydrogen) atoms. The fourth-order valence-electron chi connectivity index (χ4n) is 11.8. The summed E-state index contributed by atoms with van der Waals surface area (Å²) in [5.41, 5.74) is 0. The van der Waals surface area contributed by atoms with E-state index in [-0.39, 0.29) is 26.4 Å². The highest BCUT2D eigenvalue weighted by molar-refractivity contribution is 7.03. The summed E-state index contributed by atoms with van der Waals surface area (Å²) in [5.74, 6) is 0. The Labute approximate surface area is 490 Å². The Bertz CT molecular complexity index is 2100. The van der Waals surface area contributed by atoms with Crippen molar-refractivity contribution >= 4 is 176 Å². The molecule has 32 nitrogen and oxygen atoms in total. The Kier molecular flexibility index (Phi) is 18.0. The van der Waals surface area contributed by atoms with Crippen LogP contribution in [-0.2, 0) is 133 Å². The van der Waals surface area contributed by atoms with Gasteiger partial charge in [-0.2, -0.15) is 0 Å². The maximum Gasteiger partial charge on any atom is 0.482 e. The Hall–Kier alpha value is 3.06. The van der Waals surface area contributed by atoms with Crippen molar-refractivity contribution in [2.24, 2.45) is 0 Å².